The van der Waals surface area contributed by atoms with Crippen LogP contribution in [0.1, 0.15) is 12.5 Å². The highest BCUT2D eigenvalue weighted by Gasteiger charge is 2.20. The highest BCUT2D eigenvalue weighted by atomic mass is 16.6. The van der Waals surface area contributed by atoms with Gasteiger partial charge in [0.15, 0.2) is 0 Å². The Kier molecular flexibility index (Phi) is 6.53. The minimum atomic E-state index is -0.833. The standard InChI is InChI=1S/C18H19N3O4/c1-13(22)19-16(12-14-8-4-2-5-9-14)17(23)20-21-18(24)25-15-10-6-3-7-11-15/h2-11,16H,12H2,1H3,(H,19,22)(H,20,23)(H,21,24)/t16-/m1/s1. The van der Waals surface area contributed by atoms with Gasteiger partial charge in [-0.1, -0.05) is 48.5 Å². The number of hydrogen-bond donors (Lipinski definition) is 3. The molecule has 0 heterocycles. The van der Waals surface area contributed by atoms with Crippen molar-refractivity contribution in [3.8, 4) is 5.75 Å². The Morgan fingerprint density at radius 3 is 2.12 bits per heavy atom. The molecule has 0 fully saturated rings. The molecule has 0 aliphatic carbocycles. The molecule has 7 heteroatoms. The van der Waals surface area contributed by atoms with Crippen molar-refractivity contribution in [2.24, 2.45) is 0 Å². The van der Waals surface area contributed by atoms with Gasteiger partial charge in [0, 0.05) is 13.3 Å². The monoisotopic (exact) mass is 341 g/mol. The summed E-state index contributed by atoms with van der Waals surface area (Å²) in [5.41, 5.74) is 5.29. The summed E-state index contributed by atoms with van der Waals surface area (Å²) in [6.07, 6.45) is -0.539. The molecule has 2 aromatic carbocycles. The number of benzene rings is 2. The van der Waals surface area contributed by atoms with Crippen LogP contribution in [0.4, 0.5) is 4.79 Å². The molecule has 0 aliphatic rings. The number of carbonyl (C=O) groups is 3. The molecule has 0 bridgehead atoms. The van der Waals surface area contributed by atoms with Crippen LogP contribution in [-0.2, 0) is 16.0 Å². The number of carbonyl (C=O) groups excluding carboxylic acids is 3. The Morgan fingerprint density at radius 1 is 0.920 bits per heavy atom. The van der Waals surface area contributed by atoms with Gasteiger partial charge in [-0.25, -0.2) is 10.2 Å². The molecule has 3 N–H and O–H groups in total. The highest BCUT2D eigenvalue weighted by Crippen LogP contribution is 2.08. The van der Waals surface area contributed by atoms with E-state index in [1.54, 1.807) is 30.3 Å². The Hall–Kier alpha value is -3.35. The van der Waals surface area contributed by atoms with E-state index in [4.69, 9.17) is 4.74 Å². The van der Waals surface area contributed by atoms with E-state index >= 15 is 0 Å². The molecule has 0 aliphatic heterocycles. The van der Waals surface area contributed by atoms with Crippen molar-refractivity contribution in [3.63, 3.8) is 0 Å². The van der Waals surface area contributed by atoms with Crippen LogP contribution in [-0.4, -0.2) is 23.9 Å². The predicted octanol–water partition coefficient (Wildman–Crippen LogP) is 1.55. The topological polar surface area (TPSA) is 96.5 Å². The average Bonchev–Trinajstić information content (AvgIpc) is 2.60. The van der Waals surface area contributed by atoms with Crippen molar-refractivity contribution in [2.45, 2.75) is 19.4 Å². The zero-order chi connectivity index (χ0) is 18.1. The molecule has 2 aromatic rings. The fourth-order valence-corrected chi connectivity index (χ4v) is 2.13. The lowest BCUT2D eigenvalue weighted by Gasteiger charge is -2.18. The number of hydrogen-bond acceptors (Lipinski definition) is 4. The van der Waals surface area contributed by atoms with Gasteiger partial charge >= 0.3 is 6.09 Å². The molecule has 2 rings (SSSR count). The van der Waals surface area contributed by atoms with Gasteiger partial charge in [-0.15, -0.1) is 0 Å². The van der Waals surface area contributed by atoms with Gasteiger partial charge in [0.25, 0.3) is 5.91 Å². The second-order valence-electron chi connectivity index (χ2n) is 5.26. The third-order valence-electron chi connectivity index (χ3n) is 3.22. The maximum absolute atomic E-state index is 12.2. The maximum Gasteiger partial charge on any atom is 0.431 e. The van der Waals surface area contributed by atoms with Crippen molar-refractivity contribution in [3.05, 3.63) is 66.2 Å². The molecule has 0 saturated heterocycles. The molecule has 130 valence electrons. The fraction of sp³-hybridized carbons (Fsp3) is 0.167. The summed E-state index contributed by atoms with van der Waals surface area (Å²) >= 11 is 0. The molecule has 0 radical (unpaired) electrons. The molecule has 0 aromatic heterocycles. The quantitative estimate of drug-likeness (QED) is 0.719. The smallest absolute Gasteiger partial charge is 0.409 e. The van der Waals surface area contributed by atoms with Gasteiger partial charge in [0.05, 0.1) is 0 Å². The highest BCUT2D eigenvalue weighted by molar-refractivity contribution is 5.88. The summed E-state index contributed by atoms with van der Waals surface area (Å²) in [4.78, 5) is 35.3. The van der Waals surface area contributed by atoms with Crippen LogP contribution in [0.25, 0.3) is 0 Å². The van der Waals surface area contributed by atoms with Crippen molar-refractivity contribution in [1.29, 1.82) is 0 Å². The molecule has 3 amide bonds. The van der Waals surface area contributed by atoms with E-state index in [1.165, 1.54) is 6.92 Å². The zero-order valence-corrected chi connectivity index (χ0v) is 13.7. The molecular weight excluding hydrogens is 322 g/mol. The summed E-state index contributed by atoms with van der Waals surface area (Å²) < 4.78 is 4.99. The van der Waals surface area contributed by atoms with Gasteiger partial charge in [-0.05, 0) is 17.7 Å². The Morgan fingerprint density at radius 2 is 1.52 bits per heavy atom. The zero-order valence-electron chi connectivity index (χ0n) is 13.7. The number of amides is 3. The lowest BCUT2D eigenvalue weighted by atomic mass is 10.1. The fourth-order valence-electron chi connectivity index (χ4n) is 2.13. The number of para-hydroxylation sites is 1. The van der Waals surface area contributed by atoms with Gasteiger partial charge in [-0.2, -0.15) is 0 Å². The van der Waals surface area contributed by atoms with Crippen LogP contribution in [0, 0.1) is 0 Å². The lowest BCUT2D eigenvalue weighted by Crippen LogP contribution is -2.53. The number of nitrogens with one attached hydrogen (secondary N) is 3. The van der Waals surface area contributed by atoms with Crippen molar-refractivity contribution in [1.82, 2.24) is 16.2 Å². The van der Waals surface area contributed by atoms with E-state index in [0.717, 1.165) is 5.56 Å². The molecule has 7 nitrogen and oxygen atoms in total. The minimum Gasteiger partial charge on any atom is -0.409 e. The Bertz CT molecular complexity index is 720. The van der Waals surface area contributed by atoms with E-state index in [1.807, 2.05) is 30.3 Å². The third-order valence-corrected chi connectivity index (χ3v) is 3.22. The van der Waals surface area contributed by atoms with E-state index < -0.39 is 18.0 Å². The molecule has 1 atom stereocenters. The maximum atomic E-state index is 12.2. The molecular formula is C18H19N3O4. The first-order chi connectivity index (χ1) is 12.0. The van der Waals surface area contributed by atoms with Crippen molar-refractivity contribution >= 4 is 17.9 Å². The van der Waals surface area contributed by atoms with Crippen molar-refractivity contribution < 1.29 is 19.1 Å². The Balaban J connectivity index is 1.90. The van der Waals surface area contributed by atoms with Crippen LogP contribution in [0.15, 0.2) is 60.7 Å². The van der Waals surface area contributed by atoms with E-state index in [0.29, 0.717) is 12.2 Å². The second-order valence-corrected chi connectivity index (χ2v) is 5.26. The summed E-state index contributed by atoms with van der Waals surface area (Å²) in [7, 11) is 0. The summed E-state index contributed by atoms with van der Waals surface area (Å²) in [6.45, 7) is 1.32. The summed E-state index contributed by atoms with van der Waals surface area (Å²) in [6, 6.07) is 16.8. The molecule has 0 unspecified atom stereocenters. The van der Waals surface area contributed by atoms with Gasteiger partial charge in [0.1, 0.15) is 11.8 Å². The first kappa shape index (κ1) is 18.0. The van der Waals surface area contributed by atoms with E-state index in [2.05, 4.69) is 16.2 Å². The van der Waals surface area contributed by atoms with Gasteiger partial charge in [0.2, 0.25) is 5.91 Å². The van der Waals surface area contributed by atoms with Crippen molar-refractivity contribution in [2.75, 3.05) is 0 Å². The number of hydrazine groups is 1. The summed E-state index contributed by atoms with van der Waals surface area (Å²) in [5.74, 6) is -0.552. The normalized spacial score (nSPS) is 11.1. The first-order valence-corrected chi connectivity index (χ1v) is 7.68. The first-order valence-electron chi connectivity index (χ1n) is 7.68. The van der Waals surface area contributed by atoms with Crippen LogP contribution in [0.2, 0.25) is 0 Å². The SMILES string of the molecule is CC(=O)N[C@H](Cc1ccccc1)C(=O)NNC(=O)Oc1ccccc1. The van der Waals surface area contributed by atoms with Crippen LogP contribution in [0.3, 0.4) is 0 Å². The van der Waals surface area contributed by atoms with Crippen LogP contribution < -0.4 is 20.9 Å². The Labute approximate surface area is 145 Å². The molecule has 0 saturated carbocycles. The van der Waals surface area contributed by atoms with E-state index in [-0.39, 0.29) is 5.91 Å². The third kappa shape index (κ3) is 6.34. The average molecular weight is 341 g/mol. The van der Waals surface area contributed by atoms with Gasteiger partial charge < -0.3 is 10.1 Å². The van der Waals surface area contributed by atoms with Crippen LogP contribution >= 0.6 is 0 Å². The molecule has 25 heavy (non-hydrogen) atoms. The number of rotatable bonds is 5. The van der Waals surface area contributed by atoms with Gasteiger partial charge in [-0.3, -0.25) is 15.0 Å². The minimum absolute atomic E-state index is 0.293. The summed E-state index contributed by atoms with van der Waals surface area (Å²) in [5, 5.41) is 2.56. The largest absolute Gasteiger partial charge is 0.431 e. The second kappa shape index (κ2) is 9.07. The lowest BCUT2D eigenvalue weighted by molar-refractivity contribution is -0.128. The predicted molar refractivity (Wildman–Crippen MR) is 91.5 cm³/mol. The van der Waals surface area contributed by atoms with E-state index in [9.17, 15) is 14.4 Å². The number of ether oxygens (including phenoxy) is 1. The van der Waals surface area contributed by atoms with Crippen LogP contribution in [0.5, 0.6) is 5.75 Å². The molecule has 0 spiro atoms.